The molecule has 0 spiro atoms. The number of rotatable bonds is 5. The Morgan fingerprint density at radius 1 is 1.00 bits per heavy atom. The summed E-state index contributed by atoms with van der Waals surface area (Å²) in [5, 5.41) is 20.2. The van der Waals surface area contributed by atoms with Gasteiger partial charge in [0.2, 0.25) is 0 Å². The van der Waals surface area contributed by atoms with Crippen molar-refractivity contribution < 1.29 is 23.4 Å². The van der Waals surface area contributed by atoms with Gasteiger partial charge >= 0.3 is 6.18 Å². The largest absolute Gasteiger partial charge is 0.416 e. The van der Waals surface area contributed by atoms with E-state index in [9.17, 15) is 23.4 Å². The highest BCUT2D eigenvalue weighted by molar-refractivity contribution is 5.29. The van der Waals surface area contributed by atoms with E-state index in [1.807, 2.05) is 0 Å². The van der Waals surface area contributed by atoms with Crippen molar-refractivity contribution in [2.24, 2.45) is 0 Å². The van der Waals surface area contributed by atoms with Gasteiger partial charge in [-0.3, -0.25) is 0 Å². The highest BCUT2D eigenvalue weighted by Crippen LogP contribution is 2.32. The van der Waals surface area contributed by atoms with Crippen molar-refractivity contribution in [1.29, 1.82) is 0 Å². The van der Waals surface area contributed by atoms with Crippen molar-refractivity contribution in [1.82, 2.24) is 4.90 Å². The predicted octanol–water partition coefficient (Wildman–Crippen LogP) is 2.62. The van der Waals surface area contributed by atoms with Crippen LogP contribution in [0.5, 0.6) is 0 Å². The fourth-order valence-electron chi connectivity index (χ4n) is 2.36. The van der Waals surface area contributed by atoms with Crippen molar-refractivity contribution in [2.45, 2.75) is 38.1 Å². The lowest BCUT2D eigenvalue weighted by atomic mass is 9.93. The van der Waals surface area contributed by atoms with E-state index in [0.29, 0.717) is 6.54 Å². The predicted molar refractivity (Wildman–Crippen MR) is 74.8 cm³/mol. The topological polar surface area (TPSA) is 43.7 Å². The smallest absolute Gasteiger partial charge is 0.389 e. The summed E-state index contributed by atoms with van der Waals surface area (Å²) in [5.74, 6) is 0. The minimum atomic E-state index is -4.44. The maximum atomic E-state index is 12.7. The number of nitrogens with zero attached hydrogens (tertiary/aromatic N) is 1. The molecule has 0 radical (unpaired) electrons. The van der Waals surface area contributed by atoms with Crippen LogP contribution in [0.15, 0.2) is 24.3 Å². The number of aliphatic hydroxyl groups is 2. The SMILES string of the molecule is CN(CC(C)(C)O)CC(C)(O)c1cccc(C(F)(F)F)c1. The van der Waals surface area contributed by atoms with Crippen LogP contribution in [0.1, 0.15) is 31.9 Å². The molecule has 0 amide bonds. The summed E-state index contributed by atoms with van der Waals surface area (Å²) in [7, 11) is 1.69. The monoisotopic (exact) mass is 305 g/mol. The zero-order valence-corrected chi connectivity index (χ0v) is 12.7. The Kier molecular flexibility index (Phi) is 5.08. The van der Waals surface area contributed by atoms with E-state index < -0.39 is 22.9 Å². The molecular weight excluding hydrogens is 283 g/mol. The van der Waals surface area contributed by atoms with Crippen molar-refractivity contribution in [3.8, 4) is 0 Å². The van der Waals surface area contributed by atoms with E-state index in [1.165, 1.54) is 19.1 Å². The fourth-order valence-corrected chi connectivity index (χ4v) is 2.36. The molecule has 120 valence electrons. The molecule has 0 aromatic heterocycles. The molecule has 2 N–H and O–H groups in total. The van der Waals surface area contributed by atoms with Crippen LogP contribution in [-0.2, 0) is 11.8 Å². The van der Waals surface area contributed by atoms with E-state index in [1.54, 1.807) is 25.8 Å². The van der Waals surface area contributed by atoms with E-state index in [-0.39, 0.29) is 12.1 Å². The maximum absolute atomic E-state index is 12.7. The van der Waals surface area contributed by atoms with Gasteiger partial charge in [-0.15, -0.1) is 0 Å². The standard InChI is InChI=1S/C15H22F3NO2/c1-13(2,20)9-19(4)10-14(3,21)11-6-5-7-12(8-11)15(16,17)18/h5-8,20-21H,9-10H2,1-4H3. The molecule has 21 heavy (non-hydrogen) atoms. The van der Waals surface area contributed by atoms with E-state index in [0.717, 1.165) is 12.1 Å². The third-order valence-corrected chi connectivity index (χ3v) is 3.05. The number of hydrogen-bond acceptors (Lipinski definition) is 3. The molecule has 0 saturated carbocycles. The molecule has 0 bridgehead atoms. The molecule has 0 heterocycles. The van der Waals surface area contributed by atoms with Gasteiger partial charge in [0, 0.05) is 13.1 Å². The summed E-state index contributed by atoms with van der Waals surface area (Å²) in [6, 6.07) is 4.67. The second kappa shape index (κ2) is 5.94. The molecule has 0 fully saturated rings. The highest BCUT2D eigenvalue weighted by Gasteiger charge is 2.33. The number of hydrogen-bond donors (Lipinski definition) is 2. The quantitative estimate of drug-likeness (QED) is 0.879. The molecule has 0 aliphatic rings. The van der Waals surface area contributed by atoms with Crippen LogP contribution in [-0.4, -0.2) is 40.9 Å². The van der Waals surface area contributed by atoms with Crippen molar-refractivity contribution >= 4 is 0 Å². The first kappa shape index (κ1) is 17.9. The number of likely N-dealkylation sites (N-methyl/N-ethyl adjacent to an activating group) is 1. The van der Waals surface area contributed by atoms with E-state index in [4.69, 9.17) is 0 Å². The second-order valence-corrected chi connectivity index (χ2v) is 6.34. The summed E-state index contributed by atoms with van der Waals surface area (Å²) in [6.45, 7) is 5.12. The zero-order chi connectivity index (χ0) is 16.5. The molecule has 6 heteroatoms. The molecule has 1 aromatic rings. The minimum Gasteiger partial charge on any atom is -0.389 e. The molecule has 1 unspecified atom stereocenters. The van der Waals surface area contributed by atoms with Gasteiger partial charge in [0.25, 0.3) is 0 Å². The number of alkyl halides is 3. The normalized spacial score (nSPS) is 16.1. The first-order valence-electron chi connectivity index (χ1n) is 6.62. The summed E-state index contributed by atoms with van der Waals surface area (Å²) in [6.07, 6.45) is -4.44. The second-order valence-electron chi connectivity index (χ2n) is 6.34. The molecule has 1 atom stereocenters. The van der Waals surface area contributed by atoms with Crippen LogP contribution in [0.3, 0.4) is 0 Å². The van der Waals surface area contributed by atoms with Crippen LogP contribution in [0, 0.1) is 0 Å². The Balaban J connectivity index is 2.92. The summed E-state index contributed by atoms with van der Waals surface area (Å²) in [5.41, 5.74) is -2.98. The average molecular weight is 305 g/mol. The fraction of sp³-hybridized carbons (Fsp3) is 0.600. The Labute approximate surface area is 123 Å². The van der Waals surface area contributed by atoms with Gasteiger partial charge in [0.15, 0.2) is 0 Å². The first-order valence-corrected chi connectivity index (χ1v) is 6.62. The average Bonchev–Trinajstić information content (AvgIpc) is 2.24. The molecule has 0 aliphatic heterocycles. The lowest BCUT2D eigenvalue weighted by Gasteiger charge is -2.33. The maximum Gasteiger partial charge on any atom is 0.416 e. The van der Waals surface area contributed by atoms with Crippen molar-refractivity contribution in [2.75, 3.05) is 20.1 Å². The first-order chi connectivity index (χ1) is 9.31. The van der Waals surface area contributed by atoms with Gasteiger partial charge in [0.05, 0.1) is 16.8 Å². The minimum absolute atomic E-state index is 0.109. The lowest BCUT2D eigenvalue weighted by Crippen LogP contribution is -2.43. The summed E-state index contributed by atoms with van der Waals surface area (Å²) in [4.78, 5) is 1.68. The van der Waals surface area contributed by atoms with Gasteiger partial charge in [-0.1, -0.05) is 12.1 Å². The van der Waals surface area contributed by atoms with Gasteiger partial charge in [-0.2, -0.15) is 13.2 Å². The summed E-state index contributed by atoms with van der Waals surface area (Å²) < 4.78 is 38.1. The van der Waals surface area contributed by atoms with Gasteiger partial charge in [0.1, 0.15) is 0 Å². The van der Waals surface area contributed by atoms with Gasteiger partial charge in [-0.25, -0.2) is 0 Å². The molecule has 1 rings (SSSR count). The molecule has 3 nitrogen and oxygen atoms in total. The Hall–Kier alpha value is -1.11. The van der Waals surface area contributed by atoms with Crippen LogP contribution < -0.4 is 0 Å². The number of benzene rings is 1. The van der Waals surface area contributed by atoms with Crippen LogP contribution in [0.2, 0.25) is 0 Å². The summed E-state index contributed by atoms with van der Waals surface area (Å²) >= 11 is 0. The number of halogens is 3. The van der Waals surface area contributed by atoms with E-state index in [2.05, 4.69) is 0 Å². The Morgan fingerprint density at radius 3 is 2.00 bits per heavy atom. The molecule has 1 aromatic carbocycles. The third-order valence-electron chi connectivity index (χ3n) is 3.05. The zero-order valence-electron chi connectivity index (χ0n) is 12.7. The van der Waals surface area contributed by atoms with Crippen LogP contribution in [0.4, 0.5) is 13.2 Å². The van der Waals surface area contributed by atoms with Crippen LogP contribution in [0.25, 0.3) is 0 Å². The van der Waals surface area contributed by atoms with E-state index >= 15 is 0 Å². The molecule has 0 aliphatic carbocycles. The van der Waals surface area contributed by atoms with Crippen molar-refractivity contribution in [3.63, 3.8) is 0 Å². The highest BCUT2D eigenvalue weighted by atomic mass is 19.4. The Morgan fingerprint density at radius 2 is 1.52 bits per heavy atom. The Bertz CT molecular complexity index is 479. The van der Waals surface area contributed by atoms with Crippen molar-refractivity contribution in [3.05, 3.63) is 35.4 Å². The third kappa shape index (κ3) is 5.65. The van der Waals surface area contributed by atoms with Gasteiger partial charge < -0.3 is 15.1 Å². The molecule has 0 saturated heterocycles. The lowest BCUT2D eigenvalue weighted by molar-refractivity contribution is -0.137. The van der Waals surface area contributed by atoms with Gasteiger partial charge in [-0.05, 0) is 45.5 Å². The van der Waals surface area contributed by atoms with Crippen LogP contribution >= 0.6 is 0 Å². The molecular formula is C15H22F3NO2.